The highest BCUT2D eigenvalue weighted by molar-refractivity contribution is 6.00. The summed E-state index contributed by atoms with van der Waals surface area (Å²) in [6.07, 6.45) is 4.39. The van der Waals surface area contributed by atoms with E-state index in [1.165, 1.54) is 18.9 Å². The molecule has 5 amide bonds. The first-order valence-corrected chi connectivity index (χ1v) is 24.1. The van der Waals surface area contributed by atoms with E-state index in [0.717, 1.165) is 37.0 Å². The van der Waals surface area contributed by atoms with Crippen molar-refractivity contribution in [3.8, 4) is 45.8 Å². The van der Waals surface area contributed by atoms with E-state index in [-0.39, 0.29) is 63.9 Å². The molecule has 1 fully saturated rings. The number of benzene rings is 3. The van der Waals surface area contributed by atoms with E-state index in [2.05, 4.69) is 35.1 Å². The van der Waals surface area contributed by atoms with Crippen LogP contribution in [0.15, 0.2) is 60.7 Å². The number of ether oxygens (including phenoxy) is 3. The number of rotatable bonds is 17. The number of likely N-dealkylation sites (N-methyl/N-ethyl adjacent to an activating group) is 1. The first kappa shape index (κ1) is 53.2. The van der Waals surface area contributed by atoms with Crippen molar-refractivity contribution in [1.82, 2.24) is 36.1 Å². The summed E-state index contributed by atoms with van der Waals surface area (Å²) in [5.41, 5.74) is 21.6. The van der Waals surface area contributed by atoms with Crippen LogP contribution in [0.2, 0.25) is 0 Å². The summed E-state index contributed by atoms with van der Waals surface area (Å²) in [5.74, 6) is -1.41. The van der Waals surface area contributed by atoms with Gasteiger partial charge in [0.1, 0.15) is 61.2 Å². The number of amides is 5. The minimum absolute atomic E-state index is 0.00111. The number of fused-ring (bicyclic) bond motifs is 5. The Morgan fingerprint density at radius 2 is 1.49 bits per heavy atom. The fraction of sp³-hybridized carbons (Fsp3) is 0.462. The van der Waals surface area contributed by atoms with Crippen LogP contribution in [0.1, 0.15) is 91.8 Å². The minimum atomic E-state index is -1.41. The van der Waals surface area contributed by atoms with Gasteiger partial charge in [0.2, 0.25) is 23.6 Å². The topological polar surface area (TPSA) is 292 Å². The normalized spacial score (nSPS) is 18.3. The quantitative estimate of drug-likeness (QED) is 0.0748. The first-order chi connectivity index (χ1) is 34.0. The summed E-state index contributed by atoms with van der Waals surface area (Å²) in [5, 5.41) is 20.0. The van der Waals surface area contributed by atoms with Crippen LogP contribution in [0.25, 0.3) is 22.5 Å². The van der Waals surface area contributed by atoms with E-state index in [0.29, 0.717) is 56.4 Å². The largest absolute Gasteiger partial charge is 0.492 e. The van der Waals surface area contributed by atoms with Crippen LogP contribution in [0.3, 0.4) is 0 Å². The van der Waals surface area contributed by atoms with Crippen LogP contribution in [-0.2, 0) is 25.6 Å². The van der Waals surface area contributed by atoms with Gasteiger partial charge >= 0.3 is 0 Å². The molecule has 0 spiro atoms. The Kier molecular flexibility index (Phi) is 18.1. The summed E-state index contributed by atoms with van der Waals surface area (Å²) in [7, 11) is 1.42. The minimum Gasteiger partial charge on any atom is -0.492 e. The molecule has 378 valence electrons. The standard InChI is InChI=1S/C52H67N11O8/c1-30-44(31(2)59-46(58-30)34-8-11-36(12-9-34)71-37-15-18-52(4,5)19-16-37)49(66)61-40(17-20-53)51(68)63(6)45-35-10-14-43(70-26-23-56)39(29-35)38-27-33(7-13-42(38)69-25-22-55)28-41(48(65)57-24-21-54)62-47(64)32(3)60-50(45)67/h7-14,27,29,32,37,40-41,45H,15-20,22-26,28,53,55-56H2,1-6H3,(H,57,65)(H,60,67)(H,61,66)(H,62,64). The van der Waals surface area contributed by atoms with Gasteiger partial charge in [0.25, 0.3) is 5.91 Å². The van der Waals surface area contributed by atoms with Gasteiger partial charge in [-0.05, 0) is 124 Å². The van der Waals surface area contributed by atoms with Gasteiger partial charge in [-0.3, -0.25) is 24.0 Å². The third-order valence-corrected chi connectivity index (χ3v) is 12.8. The van der Waals surface area contributed by atoms with E-state index < -0.39 is 53.7 Å². The summed E-state index contributed by atoms with van der Waals surface area (Å²) in [4.78, 5) is 81.4. The summed E-state index contributed by atoms with van der Waals surface area (Å²) < 4.78 is 18.5. The summed E-state index contributed by atoms with van der Waals surface area (Å²) >= 11 is 0. The number of aryl methyl sites for hydroxylation is 2. The summed E-state index contributed by atoms with van der Waals surface area (Å²) in [6, 6.07) is 14.6. The van der Waals surface area contributed by atoms with Gasteiger partial charge < -0.3 is 57.6 Å². The average Bonchev–Trinajstić information content (AvgIpc) is 3.34. The highest BCUT2D eigenvalue weighted by atomic mass is 16.5. The van der Waals surface area contributed by atoms with E-state index in [4.69, 9.17) is 41.4 Å². The maximum absolute atomic E-state index is 14.8. The first-order valence-electron chi connectivity index (χ1n) is 24.1. The molecule has 4 unspecified atom stereocenters. The van der Waals surface area contributed by atoms with Crippen molar-refractivity contribution >= 4 is 29.5 Å². The van der Waals surface area contributed by atoms with Gasteiger partial charge in [-0.15, -0.1) is 0 Å². The van der Waals surface area contributed by atoms with Gasteiger partial charge in [0, 0.05) is 43.2 Å². The zero-order valence-corrected chi connectivity index (χ0v) is 41.4. The molecule has 19 nitrogen and oxygen atoms in total. The van der Waals surface area contributed by atoms with Crippen molar-refractivity contribution in [2.24, 2.45) is 22.6 Å². The van der Waals surface area contributed by atoms with Gasteiger partial charge in [0.05, 0.1) is 29.1 Å². The molecule has 4 bridgehead atoms. The van der Waals surface area contributed by atoms with E-state index in [1.54, 1.807) is 50.2 Å². The molecular formula is C52H67N11O8. The van der Waals surface area contributed by atoms with Crippen molar-refractivity contribution in [3.63, 3.8) is 0 Å². The van der Waals surface area contributed by atoms with Crippen LogP contribution in [0.4, 0.5) is 0 Å². The van der Waals surface area contributed by atoms with Crippen LogP contribution in [0, 0.1) is 30.6 Å². The van der Waals surface area contributed by atoms with Crippen molar-refractivity contribution < 1.29 is 38.2 Å². The lowest BCUT2D eigenvalue weighted by atomic mass is 9.76. The lowest BCUT2D eigenvalue weighted by Crippen LogP contribution is -2.56. The van der Waals surface area contributed by atoms with Crippen LogP contribution >= 0.6 is 0 Å². The van der Waals surface area contributed by atoms with Crippen LogP contribution in [-0.4, -0.2) is 115 Å². The average molecular weight is 974 g/mol. The number of aromatic nitrogens is 2. The molecule has 0 radical (unpaired) electrons. The Balaban J connectivity index is 1.32. The molecular weight excluding hydrogens is 907 g/mol. The molecule has 0 saturated heterocycles. The fourth-order valence-electron chi connectivity index (χ4n) is 8.90. The van der Waals surface area contributed by atoms with E-state index in [9.17, 15) is 29.2 Å². The number of nitrogens with zero attached hydrogens (tertiary/aromatic N) is 4. The third-order valence-electron chi connectivity index (χ3n) is 12.8. The molecule has 1 saturated carbocycles. The van der Waals surface area contributed by atoms with E-state index >= 15 is 0 Å². The second-order valence-electron chi connectivity index (χ2n) is 18.8. The maximum Gasteiger partial charge on any atom is 0.255 e. The number of hydrogen-bond donors (Lipinski definition) is 7. The molecule has 19 heteroatoms. The molecule has 4 aromatic rings. The van der Waals surface area contributed by atoms with Crippen LogP contribution < -0.4 is 52.7 Å². The predicted octanol–water partition coefficient (Wildman–Crippen LogP) is 3.28. The van der Waals surface area contributed by atoms with Crippen molar-refractivity contribution in [2.45, 2.75) is 103 Å². The zero-order chi connectivity index (χ0) is 51.4. The smallest absolute Gasteiger partial charge is 0.255 e. The molecule has 6 rings (SSSR count). The predicted molar refractivity (Wildman–Crippen MR) is 267 cm³/mol. The molecule has 1 aliphatic heterocycles. The highest BCUT2D eigenvalue weighted by Gasteiger charge is 2.37. The van der Waals surface area contributed by atoms with Crippen molar-refractivity contribution in [3.05, 3.63) is 88.7 Å². The number of nitrogens with one attached hydrogen (secondary N) is 4. The molecule has 2 heterocycles. The Bertz CT molecular complexity index is 2580. The number of carbonyl (C=O) groups excluding carboxylic acids is 5. The second-order valence-corrected chi connectivity index (χ2v) is 18.8. The van der Waals surface area contributed by atoms with Gasteiger partial charge in [0.15, 0.2) is 5.82 Å². The second kappa shape index (κ2) is 24.1. The number of nitriles is 1. The Morgan fingerprint density at radius 1 is 0.873 bits per heavy atom. The van der Waals surface area contributed by atoms with Crippen molar-refractivity contribution in [2.75, 3.05) is 46.4 Å². The number of nitrogens with two attached hydrogens (primary N) is 3. The van der Waals surface area contributed by atoms with Gasteiger partial charge in [-0.25, -0.2) is 9.97 Å². The van der Waals surface area contributed by atoms with E-state index in [1.807, 2.05) is 30.3 Å². The highest BCUT2D eigenvalue weighted by Crippen LogP contribution is 2.41. The Hall–Kier alpha value is -7.14. The molecule has 1 aliphatic carbocycles. The Labute approximate surface area is 414 Å². The lowest BCUT2D eigenvalue weighted by molar-refractivity contribution is -0.141. The summed E-state index contributed by atoms with van der Waals surface area (Å²) in [6.45, 7) is 9.75. The Morgan fingerprint density at radius 3 is 2.10 bits per heavy atom. The van der Waals surface area contributed by atoms with Crippen LogP contribution in [0.5, 0.6) is 17.2 Å². The molecule has 4 atom stereocenters. The molecule has 3 aromatic carbocycles. The fourth-order valence-corrected chi connectivity index (χ4v) is 8.90. The number of hydrogen-bond acceptors (Lipinski definition) is 14. The van der Waals surface area contributed by atoms with Gasteiger partial charge in [-0.2, -0.15) is 5.26 Å². The zero-order valence-electron chi connectivity index (χ0n) is 41.4. The molecule has 10 N–H and O–H groups in total. The lowest BCUT2D eigenvalue weighted by Gasteiger charge is -2.34. The third kappa shape index (κ3) is 13.4. The molecule has 71 heavy (non-hydrogen) atoms. The van der Waals surface area contributed by atoms with Crippen molar-refractivity contribution in [1.29, 1.82) is 5.26 Å². The molecule has 2 aliphatic rings. The number of carbonyl (C=O) groups is 5. The SMILES string of the molecule is Cc1nc(-c2ccc(OC3CCC(C)(C)CC3)cc2)nc(C)c1C(=O)NC(CCN)C(=O)N(C)C1C(=O)NC(C)C(=O)NC(C(=O)NCC#N)Cc2ccc(OCCN)c(c2)-c2cc1ccc2OCCN. The molecule has 1 aromatic heterocycles. The monoisotopic (exact) mass is 974 g/mol. The maximum atomic E-state index is 14.8. The van der Waals surface area contributed by atoms with Gasteiger partial charge in [-0.1, -0.05) is 26.0 Å².